The Hall–Kier alpha value is -6.91. The molecule has 3 heterocycles. The van der Waals surface area contributed by atoms with Crippen LogP contribution >= 0.6 is 0 Å². The lowest BCUT2D eigenvalue weighted by molar-refractivity contribution is 1.10. The number of imidazole rings is 1. The largest absolute Gasteiger partial charge is 0.292 e. The van der Waals surface area contributed by atoms with E-state index in [9.17, 15) is 0 Å². The monoisotopic (exact) mass is 650 g/mol. The number of hydrogen-bond acceptors (Lipinski definition) is 3. The Morgan fingerprint density at radius 3 is 1.80 bits per heavy atom. The molecule has 4 heteroatoms. The molecule has 0 radical (unpaired) electrons. The van der Waals surface area contributed by atoms with E-state index in [0.717, 1.165) is 88.9 Å². The minimum atomic E-state index is 0.922. The zero-order valence-corrected chi connectivity index (χ0v) is 27.6. The molecule has 4 nitrogen and oxygen atoms in total. The van der Waals surface area contributed by atoms with E-state index >= 15 is 0 Å². The smallest absolute Gasteiger partial charge is 0.145 e. The van der Waals surface area contributed by atoms with Crippen LogP contribution in [-0.4, -0.2) is 19.5 Å². The van der Waals surface area contributed by atoms with E-state index in [1.54, 1.807) is 0 Å². The summed E-state index contributed by atoms with van der Waals surface area (Å²) >= 11 is 0. The second-order valence-corrected chi connectivity index (χ2v) is 12.9. The van der Waals surface area contributed by atoms with Crippen molar-refractivity contribution in [3.05, 3.63) is 182 Å². The Labute approximate surface area is 295 Å². The van der Waals surface area contributed by atoms with E-state index in [1.165, 1.54) is 5.39 Å². The van der Waals surface area contributed by atoms with Gasteiger partial charge in [-0.1, -0.05) is 133 Å². The van der Waals surface area contributed by atoms with Gasteiger partial charge in [0.15, 0.2) is 0 Å². The number of aromatic nitrogens is 4. The molecule has 7 aromatic carbocycles. The standard InChI is InChI=1S/C47H30N4/c1-4-13-31(14-5-1)40-27-26-39-41(48-40)28-25-38-37-24-23-35(30-43(37)49-46(45(38)39)32-15-6-2-7-16-32)34-19-12-20-36(29-34)51-44-22-11-10-21-42(44)50-47(51)33-17-8-3-9-18-33/h1-30H. The Kier molecular flexibility index (Phi) is 6.78. The first-order valence-corrected chi connectivity index (χ1v) is 17.2. The average molecular weight is 651 g/mol. The molecular weight excluding hydrogens is 621 g/mol. The van der Waals surface area contributed by atoms with Crippen LogP contribution in [-0.2, 0) is 0 Å². The first-order chi connectivity index (χ1) is 25.3. The second-order valence-electron chi connectivity index (χ2n) is 12.9. The van der Waals surface area contributed by atoms with Gasteiger partial charge in [0.25, 0.3) is 0 Å². The Morgan fingerprint density at radius 2 is 1.00 bits per heavy atom. The van der Waals surface area contributed by atoms with E-state index in [4.69, 9.17) is 15.0 Å². The highest BCUT2D eigenvalue weighted by Gasteiger charge is 2.17. The lowest BCUT2D eigenvalue weighted by Crippen LogP contribution is -1.98. The normalized spacial score (nSPS) is 11.5. The Bertz CT molecular complexity index is 2900. The number of rotatable bonds is 5. The maximum absolute atomic E-state index is 5.41. The first kappa shape index (κ1) is 29.0. The molecule has 10 rings (SSSR count). The van der Waals surface area contributed by atoms with Crippen LogP contribution in [0.5, 0.6) is 0 Å². The van der Waals surface area contributed by atoms with Crippen LogP contribution in [0.25, 0.3) is 94.3 Å². The van der Waals surface area contributed by atoms with Crippen molar-refractivity contribution in [2.75, 3.05) is 0 Å². The van der Waals surface area contributed by atoms with E-state index in [2.05, 4.69) is 168 Å². The number of benzene rings is 7. The summed E-state index contributed by atoms with van der Waals surface area (Å²) in [5, 5.41) is 4.50. The molecule has 0 N–H and O–H groups in total. The van der Waals surface area contributed by atoms with Crippen molar-refractivity contribution in [1.82, 2.24) is 19.5 Å². The molecule has 0 amide bonds. The van der Waals surface area contributed by atoms with Gasteiger partial charge in [-0.15, -0.1) is 0 Å². The molecule has 0 fully saturated rings. The minimum absolute atomic E-state index is 0.922. The summed E-state index contributed by atoms with van der Waals surface area (Å²) in [5.41, 5.74) is 12.4. The van der Waals surface area contributed by atoms with Gasteiger partial charge in [0.05, 0.1) is 33.5 Å². The number of para-hydroxylation sites is 2. The Balaban J connectivity index is 1.15. The first-order valence-electron chi connectivity index (χ1n) is 17.2. The fraction of sp³-hybridized carbons (Fsp3) is 0. The van der Waals surface area contributed by atoms with E-state index < -0.39 is 0 Å². The second kappa shape index (κ2) is 11.9. The molecule has 3 aromatic heterocycles. The SMILES string of the molecule is c1ccc(-c2ccc3c(ccc4c5ccc(-c6cccc(-n7c(-c8ccccc8)nc8ccccc87)c6)cc5nc(-c5ccccc5)c34)n2)cc1. The molecule has 0 saturated carbocycles. The third-order valence-corrected chi connectivity index (χ3v) is 9.78. The predicted molar refractivity (Wildman–Crippen MR) is 211 cm³/mol. The summed E-state index contributed by atoms with van der Waals surface area (Å²) < 4.78 is 2.26. The lowest BCUT2D eigenvalue weighted by atomic mass is 9.94. The van der Waals surface area contributed by atoms with Gasteiger partial charge in [-0.05, 0) is 65.0 Å². The van der Waals surface area contributed by atoms with Gasteiger partial charge in [0, 0.05) is 38.5 Å². The summed E-state index contributed by atoms with van der Waals surface area (Å²) in [4.78, 5) is 15.6. The van der Waals surface area contributed by atoms with Crippen LogP contribution < -0.4 is 0 Å². The van der Waals surface area contributed by atoms with Gasteiger partial charge in [0.1, 0.15) is 5.82 Å². The maximum atomic E-state index is 5.41. The van der Waals surface area contributed by atoms with Gasteiger partial charge in [-0.3, -0.25) is 4.57 Å². The molecule has 0 spiro atoms. The van der Waals surface area contributed by atoms with Crippen molar-refractivity contribution in [2.24, 2.45) is 0 Å². The van der Waals surface area contributed by atoms with Crippen LogP contribution in [0.1, 0.15) is 0 Å². The zero-order valence-electron chi connectivity index (χ0n) is 27.6. The van der Waals surface area contributed by atoms with Crippen molar-refractivity contribution in [3.63, 3.8) is 0 Å². The lowest BCUT2D eigenvalue weighted by Gasteiger charge is -2.15. The highest BCUT2D eigenvalue weighted by atomic mass is 15.1. The number of fused-ring (bicyclic) bond motifs is 6. The average Bonchev–Trinajstić information content (AvgIpc) is 3.61. The molecule has 0 bridgehead atoms. The molecule has 0 aliphatic carbocycles. The van der Waals surface area contributed by atoms with Crippen LogP contribution in [0.15, 0.2) is 182 Å². The van der Waals surface area contributed by atoms with Gasteiger partial charge < -0.3 is 0 Å². The van der Waals surface area contributed by atoms with Crippen molar-refractivity contribution in [1.29, 1.82) is 0 Å². The molecular formula is C47H30N4. The van der Waals surface area contributed by atoms with Crippen LogP contribution in [0, 0.1) is 0 Å². The molecule has 0 aliphatic rings. The summed E-state index contributed by atoms with van der Waals surface area (Å²) in [7, 11) is 0. The quantitative estimate of drug-likeness (QED) is 0.174. The highest BCUT2D eigenvalue weighted by Crippen LogP contribution is 2.39. The number of hydrogen-bond donors (Lipinski definition) is 0. The van der Waals surface area contributed by atoms with E-state index in [1.807, 2.05) is 18.2 Å². The summed E-state index contributed by atoms with van der Waals surface area (Å²) in [6, 6.07) is 63.7. The molecule has 0 atom stereocenters. The van der Waals surface area contributed by atoms with Crippen molar-refractivity contribution >= 4 is 43.6 Å². The van der Waals surface area contributed by atoms with Crippen molar-refractivity contribution in [3.8, 4) is 50.7 Å². The third kappa shape index (κ3) is 4.96. The zero-order chi connectivity index (χ0) is 33.7. The topological polar surface area (TPSA) is 43.6 Å². The van der Waals surface area contributed by atoms with Crippen LogP contribution in [0.2, 0.25) is 0 Å². The minimum Gasteiger partial charge on any atom is -0.292 e. The van der Waals surface area contributed by atoms with E-state index in [0.29, 0.717) is 0 Å². The molecule has 51 heavy (non-hydrogen) atoms. The third-order valence-electron chi connectivity index (χ3n) is 9.78. The van der Waals surface area contributed by atoms with Crippen LogP contribution in [0.3, 0.4) is 0 Å². The van der Waals surface area contributed by atoms with Crippen molar-refractivity contribution in [2.45, 2.75) is 0 Å². The molecule has 0 aliphatic heterocycles. The summed E-state index contributed by atoms with van der Waals surface area (Å²) in [6.07, 6.45) is 0. The molecule has 10 aromatic rings. The van der Waals surface area contributed by atoms with Gasteiger partial charge in [-0.25, -0.2) is 15.0 Å². The fourth-order valence-corrected chi connectivity index (χ4v) is 7.36. The molecule has 0 saturated heterocycles. The Morgan fingerprint density at radius 1 is 0.353 bits per heavy atom. The number of nitrogens with zero attached hydrogens (tertiary/aromatic N) is 4. The van der Waals surface area contributed by atoms with Gasteiger partial charge in [0.2, 0.25) is 0 Å². The highest BCUT2D eigenvalue weighted by molar-refractivity contribution is 6.21. The molecule has 0 unspecified atom stereocenters. The predicted octanol–water partition coefficient (Wildman–Crippen LogP) is 11.9. The molecule has 238 valence electrons. The van der Waals surface area contributed by atoms with E-state index in [-0.39, 0.29) is 0 Å². The van der Waals surface area contributed by atoms with Crippen molar-refractivity contribution < 1.29 is 0 Å². The summed E-state index contributed by atoms with van der Waals surface area (Å²) in [5.74, 6) is 0.922. The van der Waals surface area contributed by atoms with Gasteiger partial charge >= 0.3 is 0 Å². The fourth-order valence-electron chi connectivity index (χ4n) is 7.36. The summed E-state index contributed by atoms with van der Waals surface area (Å²) in [6.45, 7) is 0. The number of pyridine rings is 2. The van der Waals surface area contributed by atoms with Crippen LogP contribution in [0.4, 0.5) is 0 Å². The van der Waals surface area contributed by atoms with Gasteiger partial charge in [-0.2, -0.15) is 0 Å². The maximum Gasteiger partial charge on any atom is 0.145 e.